The number of aromatic nitrogens is 2. The van der Waals surface area contributed by atoms with Gasteiger partial charge in [-0.1, -0.05) is 6.92 Å². The van der Waals surface area contributed by atoms with E-state index in [1.165, 1.54) is 11.2 Å². The van der Waals surface area contributed by atoms with Crippen LogP contribution >= 0.6 is 0 Å². The molecule has 7 nitrogen and oxygen atoms in total. The van der Waals surface area contributed by atoms with Crippen molar-refractivity contribution in [3.05, 3.63) is 12.3 Å². The van der Waals surface area contributed by atoms with Crippen LogP contribution < -0.4 is 5.32 Å². The molecule has 0 unspecified atom stereocenters. The summed E-state index contributed by atoms with van der Waals surface area (Å²) >= 11 is 0. The summed E-state index contributed by atoms with van der Waals surface area (Å²) in [5.74, 6) is 0.511. The lowest BCUT2D eigenvalue weighted by atomic mass is 10.3. The van der Waals surface area contributed by atoms with Gasteiger partial charge in [-0.15, -0.1) is 0 Å². The molecule has 112 valence electrons. The maximum absolute atomic E-state index is 12.0. The lowest BCUT2D eigenvalue weighted by Crippen LogP contribution is -2.31. The number of anilines is 1. The monoisotopic (exact) mass is 300 g/mol. The Labute approximate surface area is 119 Å². The summed E-state index contributed by atoms with van der Waals surface area (Å²) in [6.45, 7) is 4.26. The van der Waals surface area contributed by atoms with Gasteiger partial charge in [-0.25, -0.2) is 8.42 Å². The van der Waals surface area contributed by atoms with Crippen molar-refractivity contribution in [1.29, 1.82) is 0 Å². The number of hydrogen-bond acceptors (Lipinski definition) is 4. The third-order valence-corrected chi connectivity index (χ3v) is 5.31. The lowest BCUT2D eigenvalue weighted by Gasteiger charge is -2.16. The molecule has 1 saturated heterocycles. The summed E-state index contributed by atoms with van der Waals surface area (Å²) in [5, 5.41) is 6.87. The zero-order valence-electron chi connectivity index (χ0n) is 11.7. The van der Waals surface area contributed by atoms with E-state index < -0.39 is 10.0 Å². The van der Waals surface area contributed by atoms with Crippen LogP contribution in [0, 0.1) is 0 Å². The number of nitrogens with one attached hydrogen (secondary N) is 1. The summed E-state index contributed by atoms with van der Waals surface area (Å²) in [6.07, 6.45) is 3.13. The van der Waals surface area contributed by atoms with Crippen LogP contribution in [0.2, 0.25) is 0 Å². The molecular formula is C12H20N4O3S. The van der Waals surface area contributed by atoms with E-state index in [2.05, 4.69) is 10.4 Å². The quantitative estimate of drug-likeness (QED) is 0.873. The summed E-state index contributed by atoms with van der Waals surface area (Å²) in [6, 6.07) is 1.74. The fourth-order valence-corrected chi connectivity index (χ4v) is 3.91. The third-order valence-electron chi connectivity index (χ3n) is 3.27. The second-order valence-electron chi connectivity index (χ2n) is 4.98. The van der Waals surface area contributed by atoms with Gasteiger partial charge in [0.1, 0.15) is 0 Å². The normalized spacial score (nSPS) is 20.2. The third kappa shape index (κ3) is 3.37. The predicted molar refractivity (Wildman–Crippen MR) is 75.8 cm³/mol. The van der Waals surface area contributed by atoms with Gasteiger partial charge in [0.15, 0.2) is 5.82 Å². The summed E-state index contributed by atoms with van der Waals surface area (Å²) in [4.78, 5) is 11.0. The molecule has 0 spiro atoms. The smallest absolute Gasteiger partial charge is 0.222 e. The highest BCUT2D eigenvalue weighted by molar-refractivity contribution is 7.89. The molecule has 2 heterocycles. The highest BCUT2D eigenvalue weighted by Gasteiger charge is 2.31. The first-order valence-electron chi connectivity index (χ1n) is 6.73. The van der Waals surface area contributed by atoms with E-state index in [0.717, 1.165) is 6.42 Å². The Balaban J connectivity index is 2.02. The van der Waals surface area contributed by atoms with Gasteiger partial charge in [0.25, 0.3) is 0 Å². The number of nitrogens with zero attached hydrogens (tertiary/aromatic N) is 3. The average molecular weight is 300 g/mol. The molecule has 0 bridgehead atoms. The van der Waals surface area contributed by atoms with E-state index in [0.29, 0.717) is 25.3 Å². The molecule has 1 aliphatic rings. The average Bonchev–Trinajstić information content (AvgIpc) is 2.95. The first-order valence-corrected chi connectivity index (χ1v) is 8.34. The molecule has 1 aromatic heterocycles. The van der Waals surface area contributed by atoms with Gasteiger partial charge in [0, 0.05) is 32.3 Å². The topological polar surface area (TPSA) is 84.3 Å². The molecule has 1 aromatic rings. The predicted octanol–water partition coefficient (Wildman–Crippen LogP) is 0.828. The van der Waals surface area contributed by atoms with Crippen molar-refractivity contribution in [2.24, 2.45) is 0 Å². The van der Waals surface area contributed by atoms with Crippen LogP contribution in [0.25, 0.3) is 0 Å². The SMILES string of the molecule is CCCS(=O)(=O)N1CC[C@@H](n2ccc(NC(C)=O)n2)C1. The van der Waals surface area contributed by atoms with Gasteiger partial charge in [0.05, 0.1) is 11.8 Å². The number of carbonyl (C=O) groups is 1. The Hall–Kier alpha value is -1.41. The molecular weight excluding hydrogens is 280 g/mol. The van der Waals surface area contributed by atoms with Gasteiger partial charge in [-0.2, -0.15) is 9.40 Å². The first-order chi connectivity index (χ1) is 9.42. The van der Waals surface area contributed by atoms with Crippen molar-refractivity contribution < 1.29 is 13.2 Å². The molecule has 0 aliphatic carbocycles. The molecule has 20 heavy (non-hydrogen) atoms. The summed E-state index contributed by atoms with van der Waals surface area (Å²) in [7, 11) is -3.14. The van der Waals surface area contributed by atoms with E-state index >= 15 is 0 Å². The van der Waals surface area contributed by atoms with Crippen molar-refractivity contribution in [1.82, 2.24) is 14.1 Å². The first kappa shape index (κ1) is 15.0. The molecule has 2 rings (SSSR count). The van der Waals surface area contributed by atoms with Crippen LogP contribution in [0.4, 0.5) is 5.82 Å². The Morgan fingerprint density at radius 1 is 1.55 bits per heavy atom. The van der Waals surface area contributed by atoms with Crippen molar-refractivity contribution in [3.8, 4) is 0 Å². The van der Waals surface area contributed by atoms with Crippen LogP contribution in [-0.2, 0) is 14.8 Å². The van der Waals surface area contributed by atoms with Gasteiger partial charge in [-0.3, -0.25) is 9.48 Å². The Bertz CT molecular complexity index is 581. The minimum absolute atomic E-state index is 0.0316. The fourth-order valence-electron chi connectivity index (χ4n) is 2.35. The van der Waals surface area contributed by atoms with Gasteiger partial charge in [-0.05, 0) is 12.8 Å². The molecule has 1 atom stereocenters. The van der Waals surface area contributed by atoms with Crippen LogP contribution in [0.1, 0.15) is 32.7 Å². The fraction of sp³-hybridized carbons (Fsp3) is 0.667. The maximum atomic E-state index is 12.0. The highest BCUT2D eigenvalue weighted by Crippen LogP contribution is 2.24. The van der Waals surface area contributed by atoms with Gasteiger partial charge >= 0.3 is 0 Å². The zero-order valence-corrected chi connectivity index (χ0v) is 12.6. The summed E-state index contributed by atoms with van der Waals surface area (Å²) < 4.78 is 27.3. The second kappa shape index (κ2) is 5.92. The molecule has 0 radical (unpaired) electrons. The Morgan fingerprint density at radius 2 is 2.30 bits per heavy atom. The van der Waals surface area contributed by atoms with Gasteiger partial charge in [0.2, 0.25) is 15.9 Å². The Morgan fingerprint density at radius 3 is 2.95 bits per heavy atom. The van der Waals surface area contributed by atoms with E-state index in [1.54, 1.807) is 16.9 Å². The minimum atomic E-state index is -3.14. The molecule has 0 saturated carbocycles. The van der Waals surface area contributed by atoms with Gasteiger partial charge < -0.3 is 5.32 Å². The number of hydrogen-bond donors (Lipinski definition) is 1. The molecule has 1 fully saturated rings. The standard InChI is InChI=1S/C12H20N4O3S/c1-3-8-20(18,19)15-6-4-11(9-15)16-7-5-12(14-16)13-10(2)17/h5,7,11H,3-4,6,8-9H2,1-2H3,(H,13,14,17)/t11-/m1/s1. The van der Waals surface area contributed by atoms with E-state index in [-0.39, 0.29) is 17.7 Å². The largest absolute Gasteiger partial charge is 0.309 e. The molecule has 1 amide bonds. The molecule has 8 heteroatoms. The van der Waals surface area contributed by atoms with E-state index in [9.17, 15) is 13.2 Å². The molecule has 1 aliphatic heterocycles. The van der Waals surface area contributed by atoms with Crippen LogP contribution in [0.15, 0.2) is 12.3 Å². The van der Waals surface area contributed by atoms with Crippen LogP contribution in [0.5, 0.6) is 0 Å². The van der Waals surface area contributed by atoms with Crippen LogP contribution in [0.3, 0.4) is 0 Å². The van der Waals surface area contributed by atoms with E-state index in [4.69, 9.17) is 0 Å². The number of amides is 1. The molecule has 0 aromatic carbocycles. The van der Waals surface area contributed by atoms with Crippen molar-refractivity contribution in [2.75, 3.05) is 24.2 Å². The maximum Gasteiger partial charge on any atom is 0.222 e. The Kier molecular flexibility index (Phi) is 4.44. The van der Waals surface area contributed by atoms with Crippen LogP contribution in [-0.4, -0.2) is 47.3 Å². The van der Waals surface area contributed by atoms with Crippen molar-refractivity contribution >= 4 is 21.7 Å². The second-order valence-corrected chi connectivity index (χ2v) is 7.07. The number of carbonyl (C=O) groups excluding carboxylic acids is 1. The number of sulfonamides is 1. The zero-order chi connectivity index (χ0) is 14.8. The number of rotatable bonds is 5. The van der Waals surface area contributed by atoms with E-state index in [1.807, 2.05) is 6.92 Å². The summed E-state index contributed by atoms with van der Waals surface area (Å²) in [5.41, 5.74) is 0. The lowest BCUT2D eigenvalue weighted by molar-refractivity contribution is -0.114. The van der Waals surface area contributed by atoms with Crippen molar-refractivity contribution in [2.45, 2.75) is 32.7 Å². The minimum Gasteiger partial charge on any atom is -0.309 e. The highest BCUT2D eigenvalue weighted by atomic mass is 32.2. The van der Waals surface area contributed by atoms with Crippen molar-refractivity contribution in [3.63, 3.8) is 0 Å². The molecule has 1 N–H and O–H groups in total.